The Kier molecular flexibility index (Phi) is 4.60. The summed E-state index contributed by atoms with van der Waals surface area (Å²) in [5.74, 6) is -0.445. The predicted molar refractivity (Wildman–Crippen MR) is 92.1 cm³/mol. The molecular formula is C19H20FN3O. The minimum absolute atomic E-state index is 0.138. The summed E-state index contributed by atoms with van der Waals surface area (Å²) in [7, 11) is 0. The lowest BCUT2D eigenvalue weighted by molar-refractivity contribution is -0.120. The van der Waals surface area contributed by atoms with Gasteiger partial charge in [0.25, 0.3) is 0 Å². The lowest BCUT2D eigenvalue weighted by Gasteiger charge is -2.09. The Labute approximate surface area is 140 Å². The number of benzene rings is 2. The largest absolute Gasteiger partial charge is 0.352 e. The number of imidazole rings is 1. The first-order valence-electron chi connectivity index (χ1n) is 8.00. The van der Waals surface area contributed by atoms with Crippen molar-refractivity contribution in [3.63, 3.8) is 0 Å². The van der Waals surface area contributed by atoms with Gasteiger partial charge in [-0.3, -0.25) is 4.79 Å². The molecule has 0 atom stereocenters. The minimum Gasteiger partial charge on any atom is -0.352 e. The molecule has 3 rings (SSSR count). The average molecular weight is 325 g/mol. The third-order valence-corrected chi connectivity index (χ3v) is 3.99. The van der Waals surface area contributed by atoms with Crippen LogP contribution in [0.4, 0.5) is 4.39 Å². The van der Waals surface area contributed by atoms with Crippen molar-refractivity contribution in [3.05, 3.63) is 65.7 Å². The summed E-state index contributed by atoms with van der Waals surface area (Å²) >= 11 is 0. The molecule has 0 aliphatic heterocycles. The van der Waals surface area contributed by atoms with Crippen LogP contribution in [0.15, 0.2) is 48.8 Å². The third kappa shape index (κ3) is 3.45. The van der Waals surface area contributed by atoms with Gasteiger partial charge in [-0.15, -0.1) is 0 Å². The lowest BCUT2D eigenvalue weighted by Crippen LogP contribution is -2.25. The molecule has 1 heterocycles. The number of hydrogen-bond donors (Lipinski definition) is 1. The van der Waals surface area contributed by atoms with E-state index in [2.05, 4.69) is 28.7 Å². The van der Waals surface area contributed by atoms with Gasteiger partial charge in [0, 0.05) is 18.2 Å². The molecule has 2 aromatic carbocycles. The number of hydrogen-bond acceptors (Lipinski definition) is 2. The van der Waals surface area contributed by atoms with Crippen LogP contribution in [0.25, 0.3) is 11.0 Å². The van der Waals surface area contributed by atoms with Crippen LogP contribution in [0, 0.1) is 5.82 Å². The molecule has 0 unspecified atom stereocenters. The van der Waals surface area contributed by atoms with Gasteiger partial charge in [0.05, 0.1) is 23.8 Å². The molecule has 1 N–H and O–H groups in total. The number of carbonyl (C=O) groups excluding carboxylic acids is 1. The maximum absolute atomic E-state index is 13.5. The van der Waals surface area contributed by atoms with Crippen molar-refractivity contribution in [2.45, 2.75) is 32.9 Å². The van der Waals surface area contributed by atoms with E-state index in [4.69, 9.17) is 0 Å². The van der Waals surface area contributed by atoms with Crippen molar-refractivity contribution in [2.75, 3.05) is 0 Å². The SMILES string of the molecule is CC(C)n1cnc2cc(CC(=O)NCc3ccccc3F)ccc21. The van der Waals surface area contributed by atoms with Crippen molar-refractivity contribution in [1.29, 1.82) is 0 Å². The second kappa shape index (κ2) is 6.83. The molecule has 0 aliphatic rings. The number of fused-ring (bicyclic) bond motifs is 1. The molecule has 0 aliphatic carbocycles. The van der Waals surface area contributed by atoms with E-state index in [1.54, 1.807) is 18.2 Å². The van der Waals surface area contributed by atoms with Gasteiger partial charge in [0.15, 0.2) is 0 Å². The molecule has 1 amide bonds. The van der Waals surface area contributed by atoms with Gasteiger partial charge in [0.1, 0.15) is 5.82 Å². The van der Waals surface area contributed by atoms with E-state index in [0.717, 1.165) is 16.6 Å². The number of halogens is 1. The van der Waals surface area contributed by atoms with E-state index in [9.17, 15) is 9.18 Å². The number of amides is 1. The van der Waals surface area contributed by atoms with E-state index in [-0.39, 0.29) is 24.7 Å². The fourth-order valence-electron chi connectivity index (χ4n) is 2.68. The number of carbonyl (C=O) groups is 1. The van der Waals surface area contributed by atoms with Gasteiger partial charge in [-0.1, -0.05) is 24.3 Å². The number of nitrogens with one attached hydrogen (secondary N) is 1. The quantitative estimate of drug-likeness (QED) is 0.779. The number of aromatic nitrogens is 2. The normalized spacial score (nSPS) is 11.2. The topological polar surface area (TPSA) is 46.9 Å². The molecule has 0 radical (unpaired) electrons. The second-order valence-electron chi connectivity index (χ2n) is 6.11. The van der Waals surface area contributed by atoms with E-state index >= 15 is 0 Å². The molecule has 0 saturated heterocycles. The first kappa shape index (κ1) is 16.2. The molecule has 3 aromatic rings. The predicted octanol–water partition coefficient (Wildman–Crippen LogP) is 3.62. The van der Waals surface area contributed by atoms with Crippen LogP contribution < -0.4 is 5.32 Å². The zero-order valence-corrected chi connectivity index (χ0v) is 13.8. The summed E-state index contributed by atoms with van der Waals surface area (Å²) in [6.45, 7) is 4.39. The highest BCUT2D eigenvalue weighted by Crippen LogP contribution is 2.19. The summed E-state index contributed by atoms with van der Waals surface area (Å²) in [4.78, 5) is 16.5. The molecule has 0 spiro atoms. The Morgan fingerprint density at radius 1 is 1.25 bits per heavy atom. The van der Waals surface area contributed by atoms with Crippen molar-refractivity contribution < 1.29 is 9.18 Å². The highest BCUT2D eigenvalue weighted by Gasteiger charge is 2.09. The van der Waals surface area contributed by atoms with Crippen LogP contribution >= 0.6 is 0 Å². The first-order chi connectivity index (χ1) is 11.5. The fourth-order valence-corrected chi connectivity index (χ4v) is 2.68. The molecular weight excluding hydrogens is 305 g/mol. The van der Waals surface area contributed by atoms with E-state index in [1.165, 1.54) is 6.07 Å². The Morgan fingerprint density at radius 3 is 2.79 bits per heavy atom. The van der Waals surface area contributed by atoms with Crippen molar-refractivity contribution in [1.82, 2.24) is 14.9 Å². The van der Waals surface area contributed by atoms with Crippen molar-refractivity contribution >= 4 is 16.9 Å². The molecule has 1 aromatic heterocycles. The Balaban J connectivity index is 1.66. The highest BCUT2D eigenvalue weighted by molar-refractivity contribution is 5.81. The average Bonchev–Trinajstić information content (AvgIpc) is 2.97. The van der Waals surface area contributed by atoms with Gasteiger partial charge in [-0.2, -0.15) is 0 Å². The van der Waals surface area contributed by atoms with Crippen molar-refractivity contribution in [3.8, 4) is 0 Å². The van der Waals surface area contributed by atoms with Gasteiger partial charge in [-0.25, -0.2) is 9.37 Å². The van der Waals surface area contributed by atoms with Crippen LogP contribution in [0.5, 0.6) is 0 Å². The molecule has 5 heteroatoms. The van der Waals surface area contributed by atoms with Crippen LogP contribution in [0.2, 0.25) is 0 Å². The number of rotatable bonds is 5. The lowest BCUT2D eigenvalue weighted by atomic mass is 10.1. The summed E-state index contributed by atoms with van der Waals surface area (Å²) in [5, 5.41) is 2.76. The molecule has 24 heavy (non-hydrogen) atoms. The molecule has 0 saturated carbocycles. The van der Waals surface area contributed by atoms with Gasteiger partial charge in [0.2, 0.25) is 5.91 Å². The zero-order chi connectivity index (χ0) is 17.1. The smallest absolute Gasteiger partial charge is 0.224 e. The Morgan fingerprint density at radius 2 is 2.04 bits per heavy atom. The third-order valence-electron chi connectivity index (χ3n) is 3.99. The maximum Gasteiger partial charge on any atom is 0.224 e. The van der Waals surface area contributed by atoms with Crippen molar-refractivity contribution in [2.24, 2.45) is 0 Å². The Bertz CT molecular complexity index is 870. The maximum atomic E-state index is 13.5. The van der Waals surface area contributed by atoms with Gasteiger partial charge in [-0.05, 0) is 37.6 Å². The molecule has 0 fully saturated rings. The fraction of sp³-hybridized carbons (Fsp3) is 0.263. The van der Waals surface area contributed by atoms with Gasteiger partial charge >= 0.3 is 0 Å². The van der Waals surface area contributed by atoms with E-state index in [1.807, 2.05) is 24.5 Å². The van der Waals surface area contributed by atoms with E-state index in [0.29, 0.717) is 11.6 Å². The summed E-state index contributed by atoms with van der Waals surface area (Å²) in [6.07, 6.45) is 2.07. The number of nitrogens with zero attached hydrogens (tertiary/aromatic N) is 2. The van der Waals surface area contributed by atoms with E-state index < -0.39 is 0 Å². The molecule has 124 valence electrons. The minimum atomic E-state index is -0.307. The van der Waals surface area contributed by atoms with Crippen LogP contribution in [0.3, 0.4) is 0 Å². The summed E-state index contributed by atoms with van der Waals surface area (Å²) < 4.78 is 15.6. The Hall–Kier alpha value is -2.69. The molecule has 4 nitrogen and oxygen atoms in total. The van der Waals surface area contributed by atoms with Crippen LogP contribution in [0.1, 0.15) is 31.0 Å². The van der Waals surface area contributed by atoms with Crippen LogP contribution in [-0.2, 0) is 17.8 Å². The second-order valence-corrected chi connectivity index (χ2v) is 6.11. The zero-order valence-electron chi connectivity index (χ0n) is 13.8. The van der Waals surface area contributed by atoms with Crippen LogP contribution in [-0.4, -0.2) is 15.5 Å². The molecule has 0 bridgehead atoms. The highest BCUT2D eigenvalue weighted by atomic mass is 19.1. The standard InChI is InChI=1S/C19H20FN3O/c1-13(2)23-12-22-17-9-14(7-8-18(17)23)10-19(24)21-11-15-5-3-4-6-16(15)20/h3-9,12-13H,10-11H2,1-2H3,(H,21,24). The monoisotopic (exact) mass is 325 g/mol. The summed E-state index contributed by atoms with van der Waals surface area (Å²) in [5.41, 5.74) is 3.31. The summed E-state index contributed by atoms with van der Waals surface area (Å²) in [6, 6.07) is 12.6. The first-order valence-corrected chi connectivity index (χ1v) is 8.00. The van der Waals surface area contributed by atoms with Gasteiger partial charge < -0.3 is 9.88 Å².